The van der Waals surface area contributed by atoms with E-state index in [9.17, 15) is 0 Å². The maximum absolute atomic E-state index is 6.01. The molecule has 20 heavy (non-hydrogen) atoms. The lowest BCUT2D eigenvalue weighted by Crippen LogP contribution is -2.47. The van der Waals surface area contributed by atoms with E-state index in [4.69, 9.17) is 10.7 Å². The molecule has 2 aromatic heterocycles. The zero-order valence-corrected chi connectivity index (χ0v) is 12.6. The van der Waals surface area contributed by atoms with Crippen molar-refractivity contribution < 1.29 is 0 Å². The van der Waals surface area contributed by atoms with Gasteiger partial charge in [0, 0.05) is 30.7 Å². The molecule has 0 bridgehead atoms. The summed E-state index contributed by atoms with van der Waals surface area (Å²) in [6.07, 6.45) is 10.3. The third kappa shape index (κ3) is 1.87. The lowest BCUT2D eigenvalue weighted by atomic mass is 9.78. The molecule has 4 nitrogen and oxygen atoms in total. The second kappa shape index (κ2) is 5.04. The number of aromatic nitrogens is 2. The van der Waals surface area contributed by atoms with Gasteiger partial charge in [0.25, 0.3) is 0 Å². The summed E-state index contributed by atoms with van der Waals surface area (Å²) in [5.74, 6) is 2.04. The van der Waals surface area contributed by atoms with Gasteiger partial charge >= 0.3 is 0 Å². The minimum atomic E-state index is 0.571. The Kier molecular flexibility index (Phi) is 3.19. The summed E-state index contributed by atoms with van der Waals surface area (Å²) in [5, 5.41) is 2.09. The van der Waals surface area contributed by atoms with Crippen LogP contribution in [0, 0.1) is 5.92 Å². The molecular formula is C15H22N4S. The molecule has 0 unspecified atom stereocenters. The molecule has 2 N–H and O–H groups in total. The molecule has 1 aliphatic heterocycles. The highest BCUT2D eigenvalue weighted by atomic mass is 32.1. The second-order valence-corrected chi connectivity index (χ2v) is 6.96. The van der Waals surface area contributed by atoms with E-state index in [1.165, 1.54) is 44.2 Å². The summed E-state index contributed by atoms with van der Waals surface area (Å²) >= 11 is 1.70. The Hall–Kier alpha value is -1.07. The van der Waals surface area contributed by atoms with Gasteiger partial charge in [-0.1, -0.05) is 12.8 Å². The van der Waals surface area contributed by atoms with Crippen LogP contribution in [0.1, 0.15) is 44.2 Å². The Morgan fingerprint density at radius 3 is 3.00 bits per heavy atom. The number of fused-ring (bicyclic) bond motifs is 2. The highest BCUT2D eigenvalue weighted by molar-refractivity contribution is 7.15. The number of piperidine rings is 1. The fraction of sp³-hybridized carbons (Fsp3) is 0.667. The molecule has 2 aromatic rings. The average molecular weight is 290 g/mol. The third-order valence-corrected chi connectivity index (χ3v) is 5.81. The predicted molar refractivity (Wildman–Crippen MR) is 83.3 cm³/mol. The Bertz CT molecular complexity index is 600. The normalized spacial score (nSPS) is 26.9. The maximum atomic E-state index is 6.01. The van der Waals surface area contributed by atoms with Gasteiger partial charge in [-0.05, 0) is 31.6 Å². The zero-order valence-electron chi connectivity index (χ0n) is 11.8. The summed E-state index contributed by atoms with van der Waals surface area (Å²) in [7, 11) is 0. The molecule has 1 saturated carbocycles. The zero-order chi connectivity index (χ0) is 13.5. The highest BCUT2D eigenvalue weighted by Crippen LogP contribution is 2.38. The average Bonchev–Trinajstić information content (AvgIpc) is 3.06. The van der Waals surface area contributed by atoms with Crippen LogP contribution in [-0.4, -0.2) is 22.0 Å². The highest BCUT2D eigenvalue weighted by Gasteiger charge is 2.35. The molecule has 0 radical (unpaired) electrons. The first kappa shape index (κ1) is 12.7. The van der Waals surface area contributed by atoms with Crippen LogP contribution in [-0.2, 0) is 6.54 Å². The van der Waals surface area contributed by atoms with Crippen LogP contribution >= 0.6 is 11.3 Å². The van der Waals surface area contributed by atoms with E-state index in [0.717, 1.165) is 23.2 Å². The maximum Gasteiger partial charge on any atom is 0.195 e. The first-order chi connectivity index (χ1) is 9.88. The van der Waals surface area contributed by atoms with Crippen molar-refractivity contribution in [3.63, 3.8) is 0 Å². The van der Waals surface area contributed by atoms with Crippen molar-refractivity contribution in [3.8, 4) is 0 Å². The van der Waals surface area contributed by atoms with E-state index >= 15 is 0 Å². The van der Waals surface area contributed by atoms with E-state index in [2.05, 4.69) is 20.9 Å². The van der Waals surface area contributed by atoms with Gasteiger partial charge in [0.05, 0.1) is 5.69 Å². The van der Waals surface area contributed by atoms with Crippen molar-refractivity contribution in [1.29, 1.82) is 0 Å². The Morgan fingerprint density at radius 2 is 2.10 bits per heavy atom. The van der Waals surface area contributed by atoms with Crippen LogP contribution in [0.5, 0.6) is 0 Å². The van der Waals surface area contributed by atoms with Crippen molar-refractivity contribution in [2.45, 2.75) is 51.1 Å². The van der Waals surface area contributed by atoms with Gasteiger partial charge in [-0.3, -0.25) is 4.40 Å². The van der Waals surface area contributed by atoms with Crippen LogP contribution in [0.4, 0.5) is 5.82 Å². The van der Waals surface area contributed by atoms with Gasteiger partial charge in [-0.15, -0.1) is 11.3 Å². The Labute approximate surface area is 123 Å². The Morgan fingerprint density at radius 1 is 1.25 bits per heavy atom. The van der Waals surface area contributed by atoms with Crippen molar-refractivity contribution >= 4 is 22.1 Å². The minimum absolute atomic E-state index is 0.571. The van der Waals surface area contributed by atoms with Gasteiger partial charge in [0.2, 0.25) is 0 Å². The number of hydrogen-bond acceptors (Lipinski definition) is 4. The van der Waals surface area contributed by atoms with Crippen molar-refractivity contribution in [2.24, 2.45) is 11.7 Å². The quantitative estimate of drug-likeness (QED) is 0.925. The van der Waals surface area contributed by atoms with Gasteiger partial charge in [-0.25, -0.2) is 4.98 Å². The molecule has 0 amide bonds. The monoisotopic (exact) mass is 290 g/mol. The van der Waals surface area contributed by atoms with Crippen molar-refractivity contribution in [1.82, 2.24) is 9.38 Å². The lowest BCUT2D eigenvalue weighted by Gasteiger charge is -2.44. The van der Waals surface area contributed by atoms with Crippen LogP contribution in [0.25, 0.3) is 4.96 Å². The predicted octanol–water partition coefficient (Wildman–Crippen LogP) is 3.01. The number of rotatable bonds is 2. The SMILES string of the molecule is NCc1c(N2CCC[C@H]3CCCC[C@H]32)nc2sccn12. The number of thiazole rings is 1. The molecular weight excluding hydrogens is 268 g/mol. The first-order valence-electron chi connectivity index (χ1n) is 7.79. The number of imidazole rings is 1. The molecule has 108 valence electrons. The standard InChI is InChI=1S/C15H22N4S/c16-10-13-14(17-15-19(13)8-9-20-15)18-7-3-5-11-4-1-2-6-12(11)18/h8-9,11-12H,1-7,10,16H2/t11-,12-/m1/s1. The molecule has 5 heteroatoms. The molecule has 2 fully saturated rings. The van der Waals surface area contributed by atoms with Crippen LogP contribution in [0.15, 0.2) is 11.6 Å². The molecule has 0 spiro atoms. The number of hydrogen-bond donors (Lipinski definition) is 1. The van der Waals surface area contributed by atoms with Gasteiger partial charge < -0.3 is 10.6 Å². The van der Waals surface area contributed by atoms with Crippen LogP contribution < -0.4 is 10.6 Å². The largest absolute Gasteiger partial charge is 0.352 e. The van der Waals surface area contributed by atoms with E-state index in [0.29, 0.717) is 12.6 Å². The first-order valence-corrected chi connectivity index (χ1v) is 8.67. The Balaban J connectivity index is 1.74. The van der Waals surface area contributed by atoms with Gasteiger partial charge in [0.1, 0.15) is 0 Å². The summed E-state index contributed by atoms with van der Waals surface area (Å²) in [6.45, 7) is 1.72. The van der Waals surface area contributed by atoms with Crippen molar-refractivity contribution in [2.75, 3.05) is 11.4 Å². The van der Waals surface area contributed by atoms with E-state index < -0.39 is 0 Å². The topological polar surface area (TPSA) is 46.6 Å². The summed E-state index contributed by atoms with van der Waals surface area (Å²) in [5.41, 5.74) is 7.20. The second-order valence-electron chi connectivity index (χ2n) is 6.09. The molecule has 2 atom stereocenters. The lowest BCUT2D eigenvalue weighted by molar-refractivity contribution is 0.242. The molecule has 1 saturated heterocycles. The number of nitrogens with two attached hydrogens (primary N) is 1. The minimum Gasteiger partial charge on any atom is -0.352 e. The summed E-state index contributed by atoms with van der Waals surface area (Å²) in [4.78, 5) is 8.55. The molecule has 4 rings (SSSR count). The molecule has 0 aromatic carbocycles. The van der Waals surface area contributed by atoms with Crippen LogP contribution in [0.2, 0.25) is 0 Å². The molecule has 3 heterocycles. The van der Waals surface area contributed by atoms with E-state index in [-0.39, 0.29) is 0 Å². The van der Waals surface area contributed by atoms with Gasteiger partial charge in [0.15, 0.2) is 10.8 Å². The fourth-order valence-electron chi connectivity index (χ4n) is 4.13. The van der Waals surface area contributed by atoms with E-state index in [1.807, 2.05) is 0 Å². The summed E-state index contributed by atoms with van der Waals surface area (Å²) < 4.78 is 2.17. The van der Waals surface area contributed by atoms with Gasteiger partial charge in [-0.2, -0.15) is 0 Å². The third-order valence-electron chi connectivity index (χ3n) is 5.05. The van der Waals surface area contributed by atoms with Crippen molar-refractivity contribution in [3.05, 3.63) is 17.3 Å². The van der Waals surface area contributed by atoms with E-state index in [1.54, 1.807) is 11.3 Å². The smallest absolute Gasteiger partial charge is 0.195 e. The molecule has 2 aliphatic rings. The number of nitrogens with zero attached hydrogens (tertiary/aromatic N) is 3. The number of anilines is 1. The van der Waals surface area contributed by atoms with Crippen LogP contribution in [0.3, 0.4) is 0 Å². The summed E-state index contributed by atoms with van der Waals surface area (Å²) in [6, 6.07) is 0.701. The molecule has 1 aliphatic carbocycles. The fourth-order valence-corrected chi connectivity index (χ4v) is 4.86.